The Morgan fingerprint density at radius 2 is 2.12 bits per heavy atom. The highest BCUT2D eigenvalue weighted by Gasteiger charge is 2.29. The summed E-state index contributed by atoms with van der Waals surface area (Å²) in [6.07, 6.45) is 1.76. The molecule has 0 bridgehead atoms. The summed E-state index contributed by atoms with van der Waals surface area (Å²) >= 11 is 0. The predicted molar refractivity (Wildman–Crippen MR) is 89.3 cm³/mol. The molecule has 8 heteroatoms. The van der Waals surface area contributed by atoms with E-state index in [9.17, 15) is 9.59 Å². The van der Waals surface area contributed by atoms with E-state index in [2.05, 4.69) is 20.3 Å². The maximum absolute atomic E-state index is 13.0. The first-order valence-electron chi connectivity index (χ1n) is 8.20. The van der Waals surface area contributed by atoms with Crippen LogP contribution >= 0.6 is 0 Å². The van der Waals surface area contributed by atoms with Gasteiger partial charge in [0.1, 0.15) is 0 Å². The molecule has 0 unspecified atom stereocenters. The zero-order valence-corrected chi connectivity index (χ0v) is 13.7. The second-order valence-electron chi connectivity index (χ2n) is 6.21. The van der Waals surface area contributed by atoms with E-state index in [4.69, 9.17) is 4.52 Å². The van der Waals surface area contributed by atoms with E-state index in [1.165, 1.54) is 0 Å². The Hall–Kier alpha value is -3.03. The maximum Gasteiger partial charge on any atom is 0.274 e. The highest BCUT2D eigenvalue weighted by molar-refractivity contribution is 6.04. The fraction of sp³-hybridized carbons (Fsp3) is 0.353. The molecule has 1 amide bonds. The van der Waals surface area contributed by atoms with Crippen molar-refractivity contribution < 1.29 is 9.32 Å². The molecule has 4 rings (SSSR count). The molecule has 2 aromatic heterocycles. The summed E-state index contributed by atoms with van der Waals surface area (Å²) in [6.45, 7) is 2.90. The Kier molecular flexibility index (Phi) is 3.79. The molecule has 1 aliphatic rings. The van der Waals surface area contributed by atoms with E-state index in [-0.39, 0.29) is 23.1 Å². The van der Waals surface area contributed by atoms with Gasteiger partial charge in [0.2, 0.25) is 5.89 Å². The van der Waals surface area contributed by atoms with Crippen molar-refractivity contribution >= 4 is 16.7 Å². The van der Waals surface area contributed by atoms with E-state index in [0.29, 0.717) is 35.6 Å². The standard InChI is InChI=1S/C17H17N5O3/c1-10-18-15(21-25-10)11-5-4-8-22(9-11)17(24)14-12-6-2-3-7-13(12)16(23)20-19-14/h2-3,6-7,11H,4-5,8-9H2,1H3,(H,20,23)/t11-/m1/s1. The van der Waals surface area contributed by atoms with E-state index in [1.54, 1.807) is 36.1 Å². The third-order valence-corrected chi connectivity index (χ3v) is 4.52. The number of likely N-dealkylation sites (tertiary alicyclic amines) is 1. The highest BCUT2D eigenvalue weighted by Crippen LogP contribution is 2.26. The summed E-state index contributed by atoms with van der Waals surface area (Å²) in [6, 6.07) is 6.99. The quantitative estimate of drug-likeness (QED) is 0.761. The Labute approximate surface area is 142 Å². The van der Waals surface area contributed by atoms with E-state index < -0.39 is 0 Å². The molecular weight excluding hydrogens is 322 g/mol. The summed E-state index contributed by atoms with van der Waals surface area (Å²) in [5.74, 6) is 1.00. The van der Waals surface area contributed by atoms with Crippen LogP contribution in [0.3, 0.4) is 0 Å². The van der Waals surface area contributed by atoms with Crippen LogP contribution in [-0.4, -0.2) is 44.2 Å². The number of H-pyrrole nitrogens is 1. The van der Waals surface area contributed by atoms with Crippen molar-refractivity contribution in [1.82, 2.24) is 25.2 Å². The molecule has 0 spiro atoms. The van der Waals surface area contributed by atoms with Gasteiger partial charge in [-0.1, -0.05) is 23.4 Å². The largest absolute Gasteiger partial charge is 0.340 e. The number of nitrogens with one attached hydrogen (secondary N) is 1. The normalized spacial score (nSPS) is 17.8. The van der Waals surface area contributed by atoms with Gasteiger partial charge in [-0.2, -0.15) is 10.1 Å². The second kappa shape index (κ2) is 6.12. The molecular formula is C17H17N5O3. The lowest BCUT2D eigenvalue weighted by Gasteiger charge is -2.31. The molecule has 8 nitrogen and oxygen atoms in total. The molecule has 1 aromatic carbocycles. The number of carbonyl (C=O) groups excluding carboxylic acids is 1. The Morgan fingerprint density at radius 3 is 2.88 bits per heavy atom. The van der Waals surface area contributed by atoms with E-state index in [1.807, 2.05) is 0 Å². The minimum absolute atomic E-state index is 0.0455. The van der Waals surface area contributed by atoms with Gasteiger partial charge in [0.05, 0.1) is 5.39 Å². The molecule has 1 N–H and O–H groups in total. The van der Waals surface area contributed by atoms with Gasteiger partial charge in [-0.15, -0.1) is 0 Å². The number of hydrogen-bond donors (Lipinski definition) is 1. The van der Waals surface area contributed by atoms with Crippen molar-refractivity contribution in [1.29, 1.82) is 0 Å². The number of piperidine rings is 1. The summed E-state index contributed by atoms with van der Waals surface area (Å²) in [7, 11) is 0. The molecule has 128 valence electrons. The second-order valence-corrected chi connectivity index (χ2v) is 6.21. The van der Waals surface area contributed by atoms with E-state index >= 15 is 0 Å². The van der Waals surface area contributed by atoms with Crippen molar-refractivity contribution in [2.75, 3.05) is 13.1 Å². The van der Waals surface area contributed by atoms with Gasteiger partial charge >= 0.3 is 0 Å². The lowest BCUT2D eigenvalue weighted by Crippen LogP contribution is -2.40. The average molecular weight is 339 g/mol. The van der Waals surface area contributed by atoms with Crippen molar-refractivity contribution in [2.45, 2.75) is 25.7 Å². The van der Waals surface area contributed by atoms with Crippen LogP contribution in [0.5, 0.6) is 0 Å². The summed E-state index contributed by atoms with van der Waals surface area (Å²) in [5, 5.41) is 11.4. The zero-order valence-electron chi connectivity index (χ0n) is 13.7. The van der Waals surface area contributed by atoms with Crippen LogP contribution in [0.15, 0.2) is 33.6 Å². The first-order chi connectivity index (χ1) is 12.1. The van der Waals surface area contributed by atoms with E-state index in [0.717, 1.165) is 12.8 Å². The third-order valence-electron chi connectivity index (χ3n) is 4.52. The Balaban J connectivity index is 1.65. The van der Waals surface area contributed by atoms with Crippen LogP contribution < -0.4 is 5.56 Å². The molecule has 0 saturated carbocycles. The number of fused-ring (bicyclic) bond motifs is 1. The number of aromatic amines is 1. The van der Waals surface area contributed by atoms with Crippen molar-refractivity contribution in [3.63, 3.8) is 0 Å². The molecule has 1 aliphatic heterocycles. The number of aromatic nitrogens is 4. The molecule has 1 fully saturated rings. The fourth-order valence-electron chi connectivity index (χ4n) is 3.28. The minimum atomic E-state index is -0.300. The maximum atomic E-state index is 13.0. The van der Waals surface area contributed by atoms with Crippen molar-refractivity contribution in [2.24, 2.45) is 0 Å². The molecule has 1 atom stereocenters. The number of nitrogens with zero attached hydrogens (tertiary/aromatic N) is 4. The topological polar surface area (TPSA) is 105 Å². The lowest BCUT2D eigenvalue weighted by atomic mass is 9.97. The summed E-state index contributed by atoms with van der Waals surface area (Å²) in [4.78, 5) is 30.9. The predicted octanol–water partition coefficient (Wildman–Crippen LogP) is 1.63. The van der Waals surface area contributed by atoms with Gasteiger partial charge in [0.25, 0.3) is 11.5 Å². The van der Waals surface area contributed by atoms with Crippen LogP contribution in [0, 0.1) is 6.92 Å². The van der Waals surface area contributed by atoms with Crippen LogP contribution in [0.25, 0.3) is 10.8 Å². The highest BCUT2D eigenvalue weighted by atomic mass is 16.5. The zero-order chi connectivity index (χ0) is 17.4. The number of aryl methyl sites for hydroxylation is 1. The van der Waals surface area contributed by atoms with Crippen LogP contribution in [0.1, 0.15) is 41.0 Å². The molecule has 1 saturated heterocycles. The van der Waals surface area contributed by atoms with Gasteiger partial charge in [-0.3, -0.25) is 9.59 Å². The number of carbonyl (C=O) groups is 1. The Morgan fingerprint density at radius 1 is 1.32 bits per heavy atom. The fourth-order valence-corrected chi connectivity index (χ4v) is 3.28. The van der Waals surface area contributed by atoms with Gasteiger partial charge in [-0.05, 0) is 18.9 Å². The monoisotopic (exact) mass is 339 g/mol. The number of hydrogen-bond acceptors (Lipinski definition) is 6. The van der Waals surface area contributed by atoms with Gasteiger partial charge < -0.3 is 9.42 Å². The summed E-state index contributed by atoms with van der Waals surface area (Å²) < 4.78 is 5.05. The molecule has 3 aromatic rings. The lowest BCUT2D eigenvalue weighted by molar-refractivity contribution is 0.0698. The first kappa shape index (κ1) is 15.5. The van der Waals surface area contributed by atoms with Crippen LogP contribution in [-0.2, 0) is 0 Å². The Bertz CT molecular complexity index is 993. The average Bonchev–Trinajstić information content (AvgIpc) is 3.08. The molecule has 0 aliphatic carbocycles. The number of amides is 1. The molecule has 25 heavy (non-hydrogen) atoms. The molecule has 0 radical (unpaired) electrons. The molecule has 3 heterocycles. The van der Waals surface area contributed by atoms with Gasteiger partial charge in [-0.25, -0.2) is 5.10 Å². The SMILES string of the molecule is Cc1nc([C@@H]2CCCN(C(=O)c3n[nH]c(=O)c4ccccc34)C2)no1. The van der Waals surface area contributed by atoms with Crippen molar-refractivity contribution in [3.05, 3.63) is 52.0 Å². The first-order valence-corrected chi connectivity index (χ1v) is 8.20. The third kappa shape index (κ3) is 2.79. The van der Waals surface area contributed by atoms with Crippen LogP contribution in [0.4, 0.5) is 0 Å². The van der Waals surface area contributed by atoms with Gasteiger partial charge in [0.15, 0.2) is 11.5 Å². The number of benzene rings is 1. The van der Waals surface area contributed by atoms with Crippen molar-refractivity contribution in [3.8, 4) is 0 Å². The number of rotatable bonds is 2. The summed E-state index contributed by atoms with van der Waals surface area (Å²) in [5.41, 5.74) is -0.0360. The van der Waals surface area contributed by atoms with Crippen LogP contribution in [0.2, 0.25) is 0 Å². The van der Waals surface area contributed by atoms with Gasteiger partial charge in [0, 0.05) is 31.3 Å². The smallest absolute Gasteiger partial charge is 0.274 e. The minimum Gasteiger partial charge on any atom is -0.340 e.